The zero-order valence-corrected chi connectivity index (χ0v) is 17.3. The van der Waals surface area contributed by atoms with Crippen LogP contribution in [0.4, 0.5) is 0 Å². The number of H-pyrrole nitrogens is 1. The second-order valence-corrected chi connectivity index (χ2v) is 8.80. The summed E-state index contributed by atoms with van der Waals surface area (Å²) in [6.45, 7) is 8.32. The highest BCUT2D eigenvalue weighted by Crippen LogP contribution is 2.35. The highest BCUT2D eigenvalue weighted by Gasteiger charge is 2.37. The van der Waals surface area contributed by atoms with Crippen molar-refractivity contribution in [3.05, 3.63) is 70.9 Å². The second-order valence-electron chi connectivity index (χ2n) is 8.80. The Labute approximate surface area is 172 Å². The average molecular weight is 388 g/mol. The van der Waals surface area contributed by atoms with E-state index >= 15 is 0 Å². The van der Waals surface area contributed by atoms with Gasteiger partial charge in [0, 0.05) is 35.6 Å². The number of nitrogens with one attached hydrogen (secondary N) is 1. The second kappa shape index (κ2) is 7.34. The van der Waals surface area contributed by atoms with E-state index in [1.807, 2.05) is 0 Å². The number of hydrogen-bond donors (Lipinski definition) is 1. The van der Waals surface area contributed by atoms with Gasteiger partial charge in [0.15, 0.2) is 0 Å². The lowest BCUT2D eigenvalue weighted by Gasteiger charge is -2.38. The first-order valence-corrected chi connectivity index (χ1v) is 10.8. The Hall–Kier alpha value is -2.59. The molecule has 1 aromatic heterocycles. The van der Waals surface area contributed by atoms with Crippen molar-refractivity contribution >= 4 is 16.8 Å². The maximum atomic E-state index is 13.1. The van der Waals surface area contributed by atoms with E-state index in [0.29, 0.717) is 5.92 Å². The van der Waals surface area contributed by atoms with E-state index in [0.717, 1.165) is 50.2 Å². The van der Waals surface area contributed by atoms with Crippen LogP contribution in [0.3, 0.4) is 0 Å². The highest BCUT2D eigenvalue weighted by molar-refractivity contribution is 6.04. The molecular weight excluding hydrogens is 358 g/mol. The van der Waals surface area contributed by atoms with Gasteiger partial charge in [-0.25, -0.2) is 0 Å². The Morgan fingerprint density at radius 1 is 1.10 bits per heavy atom. The van der Waals surface area contributed by atoms with Gasteiger partial charge >= 0.3 is 0 Å². The molecule has 1 atom stereocenters. The van der Waals surface area contributed by atoms with Gasteiger partial charge in [-0.2, -0.15) is 0 Å². The van der Waals surface area contributed by atoms with Gasteiger partial charge in [-0.1, -0.05) is 42.5 Å². The van der Waals surface area contributed by atoms with E-state index in [1.165, 1.54) is 22.1 Å². The molecule has 2 aliphatic heterocycles. The SMILES string of the molecule is Cc1ccc2c3c([nH]c2c1)C(=O)N(C(C)C1CCN(Cc2ccccc2)CC1)C3. The Balaban J connectivity index is 1.24. The number of rotatable bonds is 4. The monoisotopic (exact) mass is 387 g/mol. The minimum atomic E-state index is 0.174. The van der Waals surface area contributed by atoms with Crippen molar-refractivity contribution in [2.45, 2.75) is 45.8 Å². The number of aromatic amines is 1. The number of amides is 1. The third-order valence-electron chi connectivity index (χ3n) is 6.92. The first-order chi connectivity index (χ1) is 14.1. The van der Waals surface area contributed by atoms with Gasteiger partial charge in [0.05, 0.1) is 0 Å². The summed E-state index contributed by atoms with van der Waals surface area (Å²) in [6.07, 6.45) is 2.32. The van der Waals surface area contributed by atoms with Crippen LogP contribution < -0.4 is 0 Å². The number of fused-ring (bicyclic) bond motifs is 3. The fourth-order valence-corrected chi connectivity index (χ4v) is 5.12. The lowest BCUT2D eigenvalue weighted by molar-refractivity contribution is 0.0565. The lowest BCUT2D eigenvalue weighted by Crippen LogP contribution is -2.44. The molecule has 0 aliphatic carbocycles. The van der Waals surface area contributed by atoms with Crippen molar-refractivity contribution in [1.82, 2.24) is 14.8 Å². The fraction of sp³-hybridized carbons (Fsp3) is 0.400. The van der Waals surface area contributed by atoms with Crippen molar-refractivity contribution in [3.63, 3.8) is 0 Å². The van der Waals surface area contributed by atoms with Gasteiger partial charge in [-0.3, -0.25) is 9.69 Å². The normalized spacial score (nSPS) is 19.1. The zero-order valence-electron chi connectivity index (χ0n) is 17.3. The fourth-order valence-electron chi connectivity index (χ4n) is 5.12. The molecule has 1 unspecified atom stereocenters. The Bertz CT molecular complexity index is 1030. The number of aryl methyl sites for hydroxylation is 1. The predicted octanol–water partition coefficient (Wildman–Crippen LogP) is 4.73. The number of benzene rings is 2. The predicted molar refractivity (Wildman–Crippen MR) is 117 cm³/mol. The Morgan fingerprint density at radius 3 is 2.62 bits per heavy atom. The molecule has 0 saturated carbocycles. The number of carbonyl (C=O) groups is 1. The molecule has 5 rings (SSSR count). The van der Waals surface area contributed by atoms with Gasteiger partial charge in [0.25, 0.3) is 5.91 Å². The number of aromatic nitrogens is 1. The van der Waals surface area contributed by atoms with Crippen LogP contribution in [-0.4, -0.2) is 39.8 Å². The van der Waals surface area contributed by atoms with Crippen LogP contribution in [-0.2, 0) is 13.1 Å². The van der Waals surface area contributed by atoms with Gasteiger partial charge in [0.2, 0.25) is 0 Å². The quantitative estimate of drug-likeness (QED) is 0.703. The van der Waals surface area contributed by atoms with Crippen LogP contribution in [0.1, 0.15) is 46.9 Å². The summed E-state index contributed by atoms with van der Waals surface area (Å²) in [6, 6.07) is 17.4. The summed E-state index contributed by atoms with van der Waals surface area (Å²) in [5.74, 6) is 0.747. The van der Waals surface area contributed by atoms with Gasteiger partial charge in [-0.05, 0) is 62.9 Å². The summed E-state index contributed by atoms with van der Waals surface area (Å²) in [4.78, 5) is 21.2. The van der Waals surface area contributed by atoms with Crippen LogP contribution in [0, 0.1) is 12.8 Å². The van der Waals surface area contributed by atoms with Crippen molar-refractivity contribution in [2.75, 3.05) is 13.1 Å². The summed E-state index contributed by atoms with van der Waals surface area (Å²) >= 11 is 0. The van der Waals surface area contributed by atoms with Gasteiger partial charge in [0.1, 0.15) is 5.69 Å². The molecule has 0 radical (unpaired) electrons. The largest absolute Gasteiger partial charge is 0.350 e. The molecule has 2 aliphatic rings. The zero-order chi connectivity index (χ0) is 20.0. The summed E-state index contributed by atoms with van der Waals surface area (Å²) in [5, 5.41) is 1.20. The maximum absolute atomic E-state index is 13.1. The first-order valence-electron chi connectivity index (χ1n) is 10.8. The van der Waals surface area contributed by atoms with Crippen molar-refractivity contribution in [1.29, 1.82) is 0 Å². The van der Waals surface area contributed by atoms with Crippen molar-refractivity contribution in [2.24, 2.45) is 5.92 Å². The molecule has 1 fully saturated rings. The molecular formula is C25H29N3O. The molecule has 1 saturated heterocycles. The molecule has 1 N–H and O–H groups in total. The van der Waals surface area contributed by atoms with Crippen LogP contribution >= 0.6 is 0 Å². The minimum Gasteiger partial charge on any atom is -0.350 e. The molecule has 2 aromatic carbocycles. The van der Waals surface area contributed by atoms with Gasteiger partial charge in [-0.15, -0.1) is 0 Å². The third kappa shape index (κ3) is 3.36. The van der Waals surface area contributed by atoms with Crippen molar-refractivity contribution in [3.8, 4) is 0 Å². The molecule has 150 valence electrons. The van der Waals surface area contributed by atoms with Crippen LogP contribution in [0.2, 0.25) is 0 Å². The number of likely N-dealkylation sites (tertiary alicyclic amines) is 1. The first kappa shape index (κ1) is 18.4. The molecule has 4 heteroatoms. The summed E-state index contributed by atoms with van der Waals surface area (Å²) < 4.78 is 0. The van der Waals surface area contributed by atoms with Crippen LogP contribution in [0.5, 0.6) is 0 Å². The number of hydrogen-bond acceptors (Lipinski definition) is 2. The topological polar surface area (TPSA) is 39.3 Å². The summed E-state index contributed by atoms with van der Waals surface area (Å²) in [5.41, 5.74) is 5.67. The third-order valence-corrected chi connectivity index (χ3v) is 6.92. The van der Waals surface area contributed by atoms with Gasteiger partial charge < -0.3 is 9.88 Å². The van der Waals surface area contributed by atoms with Crippen LogP contribution in [0.15, 0.2) is 48.5 Å². The maximum Gasteiger partial charge on any atom is 0.271 e. The minimum absolute atomic E-state index is 0.174. The van der Waals surface area contributed by atoms with E-state index in [1.54, 1.807) is 0 Å². The molecule has 1 amide bonds. The highest BCUT2D eigenvalue weighted by atomic mass is 16.2. The number of piperidine rings is 1. The standard InChI is InChI=1S/C25H29N3O/c1-17-8-9-21-22-16-28(25(29)24(22)26-23(21)14-17)18(2)20-10-12-27(13-11-20)15-19-6-4-3-5-7-19/h3-9,14,18,20,26H,10-13,15-16H2,1-2H3. The van der Waals surface area contributed by atoms with E-state index < -0.39 is 0 Å². The smallest absolute Gasteiger partial charge is 0.271 e. The van der Waals surface area contributed by atoms with E-state index in [9.17, 15) is 4.79 Å². The summed E-state index contributed by atoms with van der Waals surface area (Å²) in [7, 11) is 0. The molecule has 3 aromatic rings. The number of carbonyl (C=O) groups excluding carboxylic acids is 1. The molecule has 0 bridgehead atoms. The van der Waals surface area contributed by atoms with E-state index in [4.69, 9.17) is 0 Å². The lowest BCUT2D eigenvalue weighted by atomic mass is 9.89. The molecule has 29 heavy (non-hydrogen) atoms. The van der Waals surface area contributed by atoms with Crippen LogP contribution in [0.25, 0.3) is 10.9 Å². The Morgan fingerprint density at radius 2 is 1.86 bits per heavy atom. The molecule has 0 spiro atoms. The van der Waals surface area contributed by atoms with E-state index in [2.05, 4.69) is 77.2 Å². The van der Waals surface area contributed by atoms with E-state index in [-0.39, 0.29) is 11.9 Å². The molecule has 3 heterocycles. The van der Waals surface area contributed by atoms with Crippen molar-refractivity contribution < 1.29 is 4.79 Å². The molecule has 4 nitrogen and oxygen atoms in total. The Kier molecular flexibility index (Phi) is 4.67. The average Bonchev–Trinajstić information content (AvgIpc) is 3.25. The number of nitrogens with zero attached hydrogens (tertiary/aromatic N) is 2.